The van der Waals surface area contributed by atoms with Gasteiger partial charge in [-0.25, -0.2) is 9.37 Å². The molecule has 0 saturated carbocycles. The van der Waals surface area contributed by atoms with Gasteiger partial charge in [-0.1, -0.05) is 6.07 Å². The SMILES string of the molecule is Nc1cccc(CC2Oc3cc(F)c(O)cc3CC2=O)n1. The van der Waals surface area contributed by atoms with Crippen molar-refractivity contribution in [3.05, 3.63) is 47.4 Å². The molecule has 0 radical (unpaired) electrons. The van der Waals surface area contributed by atoms with Gasteiger partial charge >= 0.3 is 0 Å². The molecule has 0 amide bonds. The number of phenols is 1. The molecule has 0 saturated heterocycles. The summed E-state index contributed by atoms with van der Waals surface area (Å²) in [7, 11) is 0. The summed E-state index contributed by atoms with van der Waals surface area (Å²) >= 11 is 0. The zero-order valence-electron chi connectivity index (χ0n) is 11.0. The van der Waals surface area contributed by atoms with Crippen molar-refractivity contribution in [3.63, 3.8) is 0 Å². The van der Waals surface area contributed by atoms with E-state index in [1.165, 1.54) is 6.07 Å². The zero-order valence-corrected chi connectivity index (χ0v) is 11.0. The van der Waals surface area contributed by atoms with Crippen molar-refractivity contribution in [1.82, 2.24) is 4.98 Å². The largest absolute Gasteiger partial charge is 0.505 e. The van der Waals surface area contributed by atoms with Crippen LogP contribution in [0.3, 0.4) is 0 Å². The number of nitrogens with zero attached hydrogens (tertiary/aromatic N) is 1. The minimum Gasteiger partial charge on any atom is -0.505 e. The van der Waals surface area contributed by atoms with Gasteiger partial charge in [0.15, 0.2) is 23.5 Å². The van der Waals surface area contributed by atoms with Crippen LogP contribution in [0, 0.1) is 5.82 Å². The quantitative estimate of drug-likeness (QED) is 0.877. The Hall–Kier alpha value is -2.63. The summed E-state index contributed by atoms with van der Waals surface area (Å²) in [5.74, 6) is -0.756. The van der Waals surface area contributed by atoms with Crippen molar-refractivity contribution in [2.24, 2.45) is 0 Å². The molecule has 2 aromatic rings. The number of hydrogen-bond donors (Lipinski definition) is 2. The minimum absolute atomic E-state index is 0.0934. The maximum Gasteiger partial charge on any atom is 0.178 e. The van der Waals surface area contributed by atoms with E-state index in [-0.39, 0.29) is 24.4 Å². The van der Waals surface area contributed by atoms with Crippen LogP contribution in [-0.4, -0.2) is 22.0 Å². The average Bonchev–Trinajstić information content (AvgIpc) is 2.42. The van der Waals surface area contributed by atoms with E-state index in [0.29, 0.717) is 17.1 Å². The van der Waals surface area contributed by atoms with Crippen LogP contribution in [0.5, 0.6) is 11.5 Å². The van der Waals surface area contributed by atoms with Crippen LogP contribution >= 0.6 is 0 Å². The standard InChI is InChI=1S/C15H13FN2O3/c16-10-7-13-8(4-11(10)19)5-12(20)14(21-13)6-9-2-1-3-15(17)18-9/h1-4,7,14,19H,5-6H2,(H2,17,18). The summed E-state index contributed by atoms with van der Waals surface area (Å²) in [6.07, 6.45) is -0.363. The summed E-state index contributed by atoms with van der Waals surface area (Å²) in [5.41, 5.74) is 6.71. The fraction of sp³-hybridized carbons (Fsp3) is 0.200. The van der Waals surface area contributed by atoms with Crippen molar-refractivity contribution >= 4 is 11.6 Å². The molecule has 0 fully saturated rings. The lowest BCUT2D eigenvalue weighted by atomic mass is 9.97. The topological polar surface area (TPSA) is 85.4 Å². The maximum absolute atomic E-state index is 13.4. The van der Waals surface area contributed by atoms with Gasteiger partial charge in [0.25, 0.3) is 0 Å². The molecule has 1 aliphatic heterocycles. The van der Waals surface area contributed by atoms with E-state index in [4.69, 9.17) is 10.5 Å². The van der Waals surface area contributed by atoms with Gasteiger partial charge in [0.1, 0.15) is 11.6 Å². The number of carbonyl (C=O) groups excluding carboxylic acids is 1. The van der Waals surface area contributed by atoms with E-state index in [9.17, 15) is 14.3 Å². The Balaban J connectivity index is 1.85. The van der Waals surface area contributed by atoms with E-state index in [1.807, 2.05) is 0 Å². The average molecular weight is 288 g/mol. The van der Waals surface area contributed by atoms with Gasteiger partial charge in [0.05, 0.1) is 0 Å². The number of aromatic hydroxyl groups is 1. The molecule has 0 aliphatic carbocycles. The third kappa shape index (κ3) is 2.65. The second-order valence-corrected chi connectivity index (χ2v) is 4.92. The molecule has 1 aromatic carbocycles. The Labute approximate surface area is 120 Å². The summed E-state index contributed by atoms with van der Waals surface area (Å²) in [6, 6.07) is 7.46. The zero-order chi connectivity index (χ0) is 15.0. The lowest BCUT2D eigenvalue weighted by Crippen LogP contribution is -2.35. The molecule has 0 spiro atoms. The number of aromatic nitrogens is 1. The highest BCUT2D eigenvalue weighted by Crippen LogP contribution is 2.32. The van der Waals surface area contributed by atoms with Gasteiger partial charge in [0.2, 0.25) is 0 Å². The number of ketones is 1. The minimum atomic E-state index is -0.774. The molecule has 3 rings (SSSR count). The molecule has 3 N–H and O–H groups in total. The first-order chi connectivity index (χ1) is 10.0. The predicted octanol–water partition coefficient (Wildman–Crippen LogP) is 1.62. The second-order valence-electron chi connectivity index (χ2n) is 4.92. The Morgan fingerprint density at radius 2 is 2.24 bits per heavy atom. The first-order valence-electron chi connectivity index (χ1n) is 6.45. The summed E-state index contributed by atoms with van der Waals surface area (Å²) < 4.78 is 18.9. The molecule has 0 bridgehead atoms. The number of phenolic OH excluding ortho intramolecular Hbond substituents is 1. The number of nitrogen functional groups attached to an aromatic ring is 1. The number of Topliss-reactive ketones (excluding diaryl/α,β-unsaturated/α-hetero) is 1. The number of rotatable bonds is 2. The first-order valence-corrected chi connectivity index (χ1v) is 6.45. The van der Waals surface area contributed by atoms with Crippen molar-refractivity contribution in [2.45, 2.75) is 18.9 Å². The number of ether oxygens (including phenoxy) is 1. The van der Waals surface area contributed by atoms with Crippen LogP contribution in [0.25, 0.3) is 0 Å². The Bertz CT molecular complexity index is 718. The second kappa shape index (κ2) is 5.05. The first kappa shape index (κ1) is 13.4. The van der Waals surface area contributed by atoms with Gasteiger partial charge in [-0.3, -0.25) is 4.79 Å². The van der Waals surface area contributed by atoms with E-state index < -0.39 is 17.7 Å². The van der Waals surface area contributed by atoms with Gasteiger partial charge in [-0.2, -0.15) is 0 Å². The lowest BCUT2D eigenvalue weighted by Gasteiger charge is -2.25. The van der Waals surface area contributed by atoms with Gasteiger partial charge in [0, 0.05) is 30.2 Å². The number of carbonyl (C=O) groups is 1. The predicted molar refractivity (Wildman–Crippen MR) is 73.5 cm³/mol. The molecule has 1 aliphatic rings. The molecule has 1 unspecified atom stereocenters. The van der Waals surface area contributed by atoms with Crippen LogP contribution < -0.4 is 10.5 Å². The normalized spacial score (nSPS) is 17.2. The fourth-order valence-corrected chi connectivity index (χ4v) is 2.31. The number of hydrogen-bond acceptors (Lipinski definition) is 5. The van der Waals surface area contributed by atoms with Crippen molar-refractivity contribution in [2.75, 3.05) is 5.73 Å². The molecule has 108 valence electrons. The van der Waals surface area contributed by atoms with Crippen LogP contribution in [0.1, 0.15) is 11.3 Å². The van der Waals surface area contributed by atoms with E-state index >= 15 is 0 Å². The number of pyridine rings is 1. The van der Waals surface area contributed by atoms with Crippen LogP contribution in [-0.2, 0) is 17.6 Å². The van der Waals surface area contributed by atoms with Gasteiger partial charge in [-0.15, -0.1) is 0 Å². The highest BCUT2D eigenvalue weighted by atomic mass is 19.1. The third-order valence-corrected chi connectivity index (χ3v) is 3.35. The molecule has 2 heterocycles. The monoisotopic (exact) mass is 288 g/mol. The fourth-order valence-electron chi connectivity index (χ4n) is 2.31. The third-order valence-electron chi connectivity index (χ3n) is 3.35. The number of nitrogens with two attached hydrogens (primary N) is 1. The highest BCUT2D eigenvalue weighted by Gasteiger charge is 2.29. The number of halogens is 1. The number of benzene rings is 1. The van der Waals surface area contributed by atoms with Crippen LogP contribution in [0.2, 0.25) is 0 Å². The summed E-state index contributed by atoms with van der Waals surface area (Å²) in [6.45, 7) is 0. The lowest BCUT2D eigenvalue weighted by molar-refractivity contribution is -0.126. The van der Waals surface area contributed by atoms with Gasteiger partial charge < -0.3 is 15.6 Å². The molecule has 6 heteroatoms. The molecular formula is C15H13FN2O3. The van der Waals surface area contributed by atoms with E-state index in [0.717, 1.165) is 6.07 Å². The molecule has 5 nitrogen and oxygen atoms in total. The van der Waals surface area contributed by atoms with Crippen molar-refractivity contribution in [1.29, 1.82) is 0 Å². The molecule has 1 aromatic heterocycles. The Morgan fingerprint density at radius 1 is 1.43 bits per heavy atom. The Kier molecular flexibility index (Phi) is 3.21. The van der Waals surface area contributed by atoms with E-state index in [1.54, 1.807) is 18.2 Å². The van der Waals surface area contributed by atoms with Crippen LogP contribution in [0.4, 0.5) is 10.2 Å². The number of fused-ring (bicyclic) bond motifs is 1. The molecule has 1 atom stereocenters. The van der Waals surface area contributed by atoms with Crippen molar-refractivity contribution in [3.8, 4) is 11.5 Å². The molecule has 21 heavy (non-hydrogen) atoms. The maximum atomic E-state index is 13.4. The smallest absolute Gasteiger partial charge is 0.178 e. The number of anilines is 1. The Morgan fingerprint density at radius 3 is 3.00 bits per heavy atom. The van der Waals surface area contributed by atoms with Crippen molar-refractivity contribution < 1.29 is 19.0 Å². The van der Waals surface area contributed by atoms with E-state index in [2.05, 4.69) is 4.98 Å². The molecular weight excluding hydrogens is 275 g/mol. The van der Waals surface area contributed by atoms with Crippen LogP contribution in [0.15, 0.2) is 30.3 Å². The summed E-state index contributed by atoms with van der Waals surface area (Å²) in [5, 5.41) is 9.33. The van der Waals surface area contributed by atoms with Gasteiger partial charge in [-0.05, 0) is 18.2 Å². The summed E-state index contributed by atoms with van der Waals surface area (Å²) in [4.78, 5) is 16.2. The highest BCUT2D eigenvalue weighted by molar-refractivity contribution is 5.88.